The van der Waals surface area contributed by atoms with E-state index in [1.807, 2.05) is 97.1 Å². The molecule has 2 N–H and O–H groups in total. The lowest BCUT2D eigenvalue weighted by Gasteiger charge is -2.41. The summed E-state index contributed by atoms with van der Waals surface area (Å²) in [6.45, 7) is 2.25. The molecule has 0 amide bonds. The molecule has 1 aliphatic rings. The smallest absolute Gasteiger partial charge is 0.240 e. The Morgan fingerprint density at radius 3 is 2.24 bits per heavy atom. The van der Waals surface area contributed by atoms with Crippen LogP contribution in [0.2, 0.25) is 0 Å². The third-order valence-electron chi connectivity index (χ3n) is 8.88. The number of hydrogen-bond donors (Lipinski definition) is 2. The second kappa shape index (κ2) is 15.7. The molecule has 0 spiro atoms. The minimum atomic E-state index is -3.64. The van der Waals surface area contributed by atoms with Crippen LogP contribution in [0, 0.1) is 5.92 Å². The van der Waals surface area contributed by atoms with Crippen molar-refractivity contribution in [1.82, 2.24) is 24.9 Å². The van der Waals surface area contributed by atoms with Gasteiger partial charge in [0.15, 0.2) is 6.29 Å². The maximum absolute atomic E-state index is 12.8. The molecule has 1 saturated heterocycles. The van der Waals surface area contributed by atoms with Crippen LogP contribution in [-0.2, 0) is 32.6 Å². The Balaban J connectivity index is 1.12. The van der Waals surface area contributed by atoms with Gasteiger partial charge in [0.25, 0.3) is 0 Å². The maximum Gasteiger partial charge on any atom is 0.240 e. The van der Waals surface area contributed by atoms with E-state index in [0.29, 0.717) is 10.9 Å². The number of aliphatic hydroxyl groups is 1. The van der Waals surface area contributed by atoms with E-state index in [2.05, 4.69) is 33.2 Å². The number of rotatable bonds is 12. The molecule has 0 unspecified atom stereocenters. The number of aliphatic hydroxyl groups excluding tert-OH is 1. The number of para-hydroxylation sites is 1. The standard InChI is InChI=1S/C39H37N5O5S2/c1-27-36(26-50-39-41-42-43-44(39)34-14-4-2-5-15-34)48-38(49-37(27)30-20-18-28(25-45)19-21-30)33-13-9-12-32(23-33)31-11-8-10-29(22-31)24-40-51(46,47)35-16-6-3-7-17-35/h2-23,27,36-38,40,45H,24-26H2,1H3/t27-,36+,37+,38+/m0/s1. The van der Waals surface area contributed by atoms with Crippen molar-refractivity contribution >= 4 is 21.8 Å². The van der Waals surface area contributed by atoms with Crippen molar-refractivity contribution in [2.24, 2.45) is 5.92 Å². The summed E-state index contributed by atoms with van der Waals surface area (Å²) in [6.07, 6.45) is -1.17. The average molecular weight is 720 g/mol. The van der Waals surface area contributed by atoms with Crippen LogP contribution in [0.3, 0.4) is 0 Å². The van der Waals surface area contributed by atoms with Gasteiger partial charge in [-0.15, -0.1) is 5.10 Å². The predicted molar refractivity (Wildman–Crippen MR) is 195 cm³/mol. The summed E-state index contributed by atoms with van der Waals surface area (Å²) in [5.74, 6) is 0.564. The molecule has 2 heterocycles. The van der Waals surface area contributed by atoms with Gasteiger partial charge in [-0.2, -0.15) is 4.68 Å². The van der Waals surface area contributed by atoms with Crippen LogP contribution < -0.4 is 4.72 Å². The van der Waals surface area contributed by atoms with E-state index in [-0.39, 0.29) is 36.2 Å². The van der Waals surface area contributed by atoms with E-state index in [4.69, 9.17) is 9.47 Å². The summed E-state index contributed by atoms with van der Waals surface area (Å²) in [5.41, 5.74) is 6.28. The Hall–Kier alpha value is -4.69. The summed E-state index contributed by atoms with van der Waals surface area (Å²) in [5, 5.41) is 22.7. The average Bonchev–Trinajstić information content (AvgIpc) is 3.66. The fourth-order valence-electron chi connectivity index (χ4n) is 6.05. The van der Waals surface area contributed by atoms with Gasteiger partial charge >= 0.3 is 0 Å². The minimum absolute atomic E-state index is 0.0192. The number of hydrogen-bond acceptors (Lipinski definition) is 9. The molecule has 0 bridgehead atoms. The van der Waals surface area contributed by atoms with Crippen LogP contribution >= 0.6 is 11.8 Å². The Bertz CT molecular complexity index is 2170. The molecule has 5 aromatic carbocycles. The van der Waals surface area contributed by atoms with Crippen molar-refractivity contribution in [3.05, 3.63) is 156 Å². The van der Waals surface area contributed by atoms with Crippen molar-refractivity contribution in [2.75, 3.05) is 5.75 Å². The number of aromatic nitrogens is 4. The predicted octanol–water partition coefficient (Wildman–Crippen LogP) is 6.88. The molecule has 0 aliphatic carbocycles. The third-order valence-corrected chi connectivity index (χ3v) is 11.3. The van der Waals surface area contributed by atoms with Crippen molar-refractivity contribution in [2.45, 2.75) is 48.6 Å². The molecular weight excluding hydrogens is 683 g/mol. The lowest BCUT2D eigenvalue weighted by molar-refractivity contribution is -0.268. The third kappa shape index (κ3) is 8.12. The van der Waals surface area contributed by atoms with Crippen LogP contribution in [0.5, 0.6) is 0 Å². The second-order valence-corrected chi connectivity index (χ2v) is 15.1. The Morgan fingerprint density at radius 2 is 1.49 bits per heavy atom. The van der Waals surface area contributed by atoms with Crippen molar-refractivity contribution < 1.29 is 23.0 Å². The SMILES string of the molecule is C[C@H]1[C@@H](CSc2nnnn2-c2ccccc2)O[C@@H](c2cccc(-c3cccc(CNS(=O)(=O)c4ccccc4)c3)c2)O[C@H]1c1ccc(CO)cc1. The van der Waals surface area contributed by atoms with Crippen LogP contribution in [0.15, 0.2) is 144 Å². The number of tetrazole rings is 1. The zero-order chi connectivity index (χ0) is 35.2. The number of sulfonamides is 1. The van der Waals surface area contributed by atoms with Gasteiger partial charge in [-0.05, 0) is 74.6 Å². The van der Waals surface area contributed by atoms with Gasteiger partial charge in [0.1, 0.15) is 0 Å². The first-order valence-corrected chi connectivity index (χ1v) is 19.1. The number of ether oxygens (including phenoxy) is 2. The van der Waals surface area contributed by atoms with E-state index >= 15 is 0 Å². The molecule has 0 radical (unpaired) electrons. The van der Waals surface area contributed by atoms with Crippen LogP contribution in [0.1, 0.15) is 41.6 Å². The summed E-state index contributed by atoms with van der Waals surface area (Å²) in [4.78, 5) is 0.227. The summed E-state index contributed by atoms with van der Waals surface area (Å²) in [6, 6.07) is 41.8. The Morgan fingerprint density at radius 1 is 0.784 bits per heavy atom. The Kier molecular flexibility index (Phi) is 10.7. The number of benzene rings is 5. The monoisotopic (exact) mass is 719 g/mol. The molecule has 7 rings (SSSR count). The minimum Gasteiger partial charge on any atom is -0.392 e. The topological polar surface area (TPSA) is 128 Å². The zero-order valence-electron chi connectivity index (χ0n) is 27.8. The lowest BCUT2D eigenvalue weighted by Crippen LogP contribution is -2.38. The second-order valence-electron chi connectivity index (χ2n) is 12.3. The Labute approximate surface area is 301 Å². The van der Waals surface area contributed by atoms with Gasteiger partial charge in [-0.1, -0.05) is 116 Å². The van der Waals surface area contributed by atoms with Gasteiger partial charge in [0.05, 0.1) is 29.4 Å². The summed E-state index contributed by atoms with van der Waals surface area (Å²) in [7, 11) is -3.64. The largest absolute Gasteiger partial charge is 0.392 e. The highest BCUT2D eigenvalue weighted by Crippen LogP contribution is 2.43. The lowest BCUT2D eigenvalue weighted by atomic mass is 9.91. The first-order chi connectivity index (χ1) is 24.9. The van der Waals surface area contributed by atoms with E-state index < -0.39 is 16.3 Å². The summed E-state index contributed by atoms with van der Waals surface area (Å²) < 4.78 is 43.5. The first-order valence-electron chi connectivity index (χ1n) is 16.6. The molecular formula is C39H37N5O5S2. The van der Waals surface area contributed by atoms with Gasteiger partial charge in [0.2, 0.25) is 15.2 Å². The molecule has 260 valence electrons. The molecule has 1 fully saturated rings. The van der Waals surface area contributed by atoms with Crippen molar-refractivity contribution in [3.63, 3.8) is 0 Å². The molecule has 4 atom stereocenters. The van der Waals surface area contributed by atoms with Crippen molar-refractivity contribution in [3.8, 4) is 16.8 Å². The maximum atomic E-state index is 12.8. The number of nitrogens with one attached hydrogen (secondary N) is 1. The molecule has 6 aromatic rings. The van der Waals surface area contributed by atoms with Crippen molar-refractivity contribution in [1.29, 1.82) is 0 Å². The van der Waals surface area contributed by atoms with Crippen LogP contribution in [-0.4, -0.2) is 45.6 Å². The normalized spacial score (nSPS) is 19.2. The molecule has 10 nitrogen and oxygen atoms in total. The molecule has 51 heavy (non-hydrogen) atoms. The van der Waals surface area contributed by atoms with Crippen LogP contribution in [0.25, 0.3) is 16.8 Å². The van der Waals surface area contributed by atoms with Gasteiger partial charge in [0, 0.05) is 23.8 Å². The fraction of sp³-hybridized carbons (Fsp3) is 0.205. The number of thioether (sulfide) groups is 1. The highest BCUT2D eigenvalue weighted by Gasteiger charge is 2.38. The summed E-state index contributed by atoms with van der Waals surface area (Å²) >= 11 is 1.53. The highest BCUT2D eigenvalue weighted by molar-refractivity contribution is 7.99. The fourth-order valence-corrected chi connectivity index (χ4v) is 8.15. The molecule has 0 saturated carbocycles. The van der Waals surface area contributed by atoms with Gasteiger partial charge in [-0.3, -0.25) is 0 Å². The first kappa shape index (κ1) is 34.7. The van der Waals surface area contributed by atoms with E-state index in [1.54, 1.807) is 35.0 Å². The number of nitrogens with zero attached hydrogens (tertiary/aromatic N) is 4. The molecule has 12 heteroatoms. The van der Waals surface area contributed by atoms with Gasteiger partial charge in [-0.25, -0.2) is 13.1 Å². The van der Waals surface area contributed by atoms with E-state index in [1.165, 1.54) is 11.8 Å². The zero-order valence-corrected chi connectivity index (χ0v) is 29.5. The van der Waals surface area contributed by atoms with Gasteiger partial charge < -0.3 is 14.6 Å². The quantitative estimate of drug-likeness (QED) is 0.130. The van der Waals surface area contributed by atoms with Crippen LogP contribution in [0.4, 0.5) is 0 Å². The molecule has 1 aliphatic heterocycles. The van der Waals surface area contributed by atoms with E-state index in [9.17, 15) is 13.5 Å². The van der Waals surface area contributed by atoms with E-state index in [0.717, 1.165) is 39.1 Å². The highest BCUT2D eigenvalue weighted by atomic mass is 32.2. The molecule has 1 aromatic heterocycles.